The van der Waals surface area contributed by atoms with Gasteiger partial charge in [0.05, 0.1) is 6.20 Å². The molecule has 0 saturated heterocycles. The number of ether oxygens (including phenoxy) is 3. The van der Waals surface area contributed by atoms with Crippen molar-refractivity contribution in [3.05, 3.63) is 18.3 Å². The number of aromatic nitrogens is 1. The van der Waals surface area contributed by atoms with Crippen molar-refractivity contribution >= 4 is 23.7 Å². The average molecular weight is 436 g/mol. The molecule has 29 heavy (non-hydrogen) atoms. The molecule has 0 saturated carbocycles. The molecule has 2 rings (SSSR count). The normalized spacial score (nSPS) is 16.8. The number of aliphatic hydroxyl groups excluding tert-OH is 1. The zero-order valence-corrected chi connectivity index (χ0v) is 16.5. The van der Waals surface area contributed by atoms with E-state index in [0.29, 0.717) is 0 Å². The fraction of sp³-hybridized carbons (Fsp3) is 0.471. The molecule has 0 spiro atoms. The summed E-state index contributed by atoms with van der Waals surface area (Å²) in [6.45, 7) is 5.36. The first-order chi connectivity index (χ1) is 13.3. The SMILES string of the molecule is CC(C)(C)NCC(O)COc1ncc2c(c1SC(F)(F)F)OC(=O)/C=C\C(=O)O2. The quantitative estimate of drug-likeness (QED) is 0.513. The van der Waals surface area contributed by atoms with E-state index < -0.39 is 57.6 Å². The van der Waals surface area contributed by atoms with Crippen molar-refractivity contribution in [3.63, 3.8) is 0 Å². The summed E-state index contributed by atoms with van der Waals surface area (Å²) in [5.74, 6) is -3.71. The van der Waals surface area contributed by atoms with E-state index in [1.807, 2.05) is 20.8 Å². The van der Waals surface area contributed by atoms with Crippen molar-refractivity contribution < 1.29 is 42.1 Å². The van der Waals surface area contributed by atoms with Crippen LogP contribution in [0.5, 0.6) is 17.4 Å². The molecule has 2 N–H and O–H groups in total. The Balaban J connectivity index is 2.30. The Labute approximate surface area is 168 Å². The number of hydrogen-bond acceptors (Lipinski definition) is 9. The first-order valence-corrected chi connectivity index (χ1v) is 9.12. The Kier molecular flexibility index (Phi) is 7.14. The number of aliphatic hydroxyl groups is 1. The van der Waals surface area contributed by atoms with Crippen LogP contribution in [0.4, 0.5) is 13.2 Å². The highest BCUT2D eigenvalue weighted by atomic mass is 32.2. The first-order valence-electron chi connectivity index (χ1n) is 8.30. The zero-order valence-electron chi connectivity index (χ0n) is 15.7. The number of rotatable bonds is 6. The number of hydrogen-bond donors (Lipinski definition) is 2. The van der Waals surface area contributed by atoms with Gasteiger partial charge in [0, 0.05) is 24.2 Å². The van der Waals surface area contributed by atoms with E-state index in [2.05, 4.69) is 10.3 Å². The summed E-state index contributed by atoms with van der Waals surface area (Å²) in [7, 11) is 0. The molecular formula is C17H19F3N2O6S. The Morgan fingerprint density at radius 1 is 1.21 bits per heavy atom. The van der Waals surface area contributed by atoms with Gasteiger partial charge in [-0.3, -0.25) is 0 Å². The van der Waals surface area contributed by atoms with Crippen LogP contribution in [-0.2, 0) is 9.59 Å². The van der Waals surface area contributed by atoms with Crippen LogP contribution in [0.25, 0.3) is 0 Å². The average Bonchev–Trinajstić information content (AvgIpc) is 2.57. The summed E-state index contributed by atoms with van der Waals surface area (Å²) in [5.41, 5.74) is -5.07. The van der Waals surface area contributed by atoms with Crippen LogP contribution in [0.2, 0.25) is 0 Å². The molecule has 1 atom stereocenters. The molecular weight excluding hydrogens is 417 g/mol. The van der Waals surface area contributed by atoms with E-state index in [-0.39, 0.29) is 18.7 Å². The van der Waals surface area contributed by atoms with Crippen LogP contribution < -0.4 is 19.5 Å². The van der Waals surface area contributed by atoms with Gasteiger partial charge in [-0.2, -0.15) is 13.2 Å². The number of thioether (sulfide) groups is 1. The molecule has 0 amide bonds. The summed E-state index contributed by atoms with van der Waals surface area (Å²) in [5, 5.41) is 13.0. The van der Waals surface area contributed by atoms with Gasteiger partial charge in [0.2, 0.25) is 5.88 Å². The monoisotopic (exact) mass is 436 g/mol. The third-order valence-electron chi connectivity index (χ3n) is 3.19. The third kappa shape index (κ3) is 7.55. The predicted octanol–water partition coefficient (Wildman–Crippen LogP) is 2.20. The second-order valence-corrected chi connectivity index (χ2v) is 7.98. The van der Waals surface area contributed by atoms with Gasteiger partial charge < -0.3 is 24.6 Å². The lowest BCUT2D eigenvalue weighted by atomic mass is 10.1. The van der Waals surface area contributed by atoms with Crippen LogP contribution >= 0.6 is 11.8 Å². The molecule has 2 heterocycles. The molecule has 0 aromatic carbocycles. The summed E-state index contributed by atoms with van der Waals surface area (Å²) < 4.78 is 54.1. The highest BCUT2D eigenvalue weighted by molar-refractivity contribution is 8.00. The van der Waals surface area contributed by atoms with Crippen molar-refractivity contribution in [2.75, 3.05) is 13.2 Å². The second-order valence-electron chi connectivity index (χ2n) is 6.90. The number of alkyl halides is 3. The van der Waals surface area contributed by atoms with Crippen molar-refractivity contribution in [1.82, 2.24) is 10.3 Å². The number of nitrogens with zero attached hydrogens (tertiary/aromatic N) is 1. The first kappa shape index (κ1) is 23.0. The molecule has 0 bridgehead atoms. The highest BCUT2D eigenvalue weighted by Crippen LogP contribution is 2.49. The minimum atomic E-state index is -4.78. The molecule has 8 nitrogen and oxygen atoms in total. The van der Waals surface area contributed by atoms with Gasteiger partial charge >= 0.3 is 17.4 Å². The lowest BCUT2D eigenvalue weighted by Gasteiger charge is -2.23. The summed E-state index contributed by atoms with van der Waals surface area (Å²) in [6.07, 6.45) is 1.33. The van der Waals surface area contributed by atoms with Crippen molar-refractivity contribution in [1.29, 1.82) is 0 Å². The molecule has 1 aliphatic rings. The lowest BCUT2D eigenvalue weighted by molar-refractivity contribution is -0.133. The molecule has 0 aliphatic carbocycles. The van der Waals surface area contributed by atoms with Gasteiger partial charge in [-0.15, -0.1) is 0 Å². The van der Waals surface area contributed by atoms with Gasteiger partial charge in [-0.25, -0.2) is 14.6 Å². The molecule has 160 valence electrons. The number of carbonyl (C=O) groups is 2. The minimum Gasteiger partial charge on any atom is -0.474 e. The second kappa shape index (κ2) is 9.01. The number of pyridine rings is 1. The number of β-amino-alcohol motifs (C(OH)–C–C–N with tert-alkyl or cyclic N) is 1. The molecule has 1 unspecified atom stereocenters. The van der Waals surface area contributed by atoms with E-state index in [9.17, 15) is 27.9 Å². The van der Waals surface area contributed by atoms with Crippen molar-refractivity contribution in [2.45, 2.75) is 42.8 Å². The maximum atomic E-state index is 13.1. The number of nitrogens with one attached hydrogen (secondary N) is 1. The van der Waals surface area contributed by atoms with Gasteiger partial charge in [-0.1, -0.05) is 0 Å². The van der Waals surface area contributed by atoms with Gasteiger partial charge in [0.25, 0.3) is 0 Å². The molecule has 1 aliphatic heterocycles. The maximum Gasteiger partial charge on any atom is 0.446 e. The molecule has 1 aromatic heterocycles. The molecule has 0 fully saturated rings. The topological polar surface area (TPSA) is 107 Å². The zero-order chi connectivity index (χ0) is 21.8. The molecule has 0 radical (unpaired) electrons. The van der Waals surface area contributed by atoms with Crippen LogP contribution in [0.1, 0.15) is 20.8 Å². The Hall–Kier alpha value is -2.31. The van der Waals surface area contributed by atoms with E-state index in [0.717, 1.165) is 18.3 Å². The molecule has 12 heteroatoms. The maximum absolute atomic E-state index is 13.1. The fourth-order valence-corrected chi connectivity index (χ4v) is 2.66. The smallest absolute Gasteiger partial charge is 0.446 e. The van der Waals surface area contributed by atoms with Crippen molar-refractivity contribution in [2.24, 2.45) is 0 Å². The van der Waals surface area contributed by atoms with E-state index >= 15 is 0 Å². The van der Waals surface area contributed by atoms with Gasteiger partial charge in [-0.05, 0) is 32.5 Å². The predicted molar refractivity (Wildman–Crippen MR) is 95.8 cm³/mol. The largest absolute Gasteiger partial charge is 0.474 e. The van der Waals surface area contributed by atoms with Crippen LogP contribution in [-0.4, -0.2) is 52.3 Å². The fourth-order valence-electron chi connectivity index (χ4n) is 1.99. The number of carbonyl (C=O) groups excluding carboxylic acids is 2. The van der Waals surface area contributed by atoms with Crippen LogP contribution in [0.3, 0.4) is 0 Å². The minimum absolute atomic E-state index is 0.119. The number of fused-ring (bicyclic) bond motifs is 1. The summed E-state index contributed by atoms with van der Waals surface area (Å²) in [6, 6.07) is 0. The van der Waals surface area contributed by atoms with Gasteiger partial charge in [0.1, 0.15) is 17.6 Å². The number of esters is 2. The van der Waals surface area contributed by atoms with Crippen molar-refractivity contribution in [3.8, 4) is 17.4 Å². The van der Waals surface area contributed by atoms with Crippen LogP contribution in [0.15, 0.2) is 23.2 Å². The van der Waals surface area contributed by atoms with E-state index in [4.69, 9.17) is 14.2 Å². The van der Waals surface area contributed by atoms with Crippen LogP contribution in [0, 0.1) is 0 Å². The Bertz CT molecular complexity index is 808. The summed E-state index contributed by atoms with van der Waals surface area (Å²) in [4.78, 5) is 26.3. The van der Waals surface area contributed by atoms with Gasteiger partial charge in [0.15, 0.2) is 11.5 Å². The van der Waals surface area contributed by atoms with E-state index in [1.165, 1.54) is 0 Å². The molecule has 1 aromatic rings. The summed E-state index contributed by atoms with van der Waals surface area (Å²) >= 11 is -0.647. The third-order valence-corrected chi connectivity index (χ3v) is 3.99. The lowest BCUT2D eigenvalue weighted by Crippen LogP contribution is -2.42. The standard InChI is InChI=1S/C17H19F3N2O6S/c1-16(2,3)22-6-9(23)8-26-15-14(29-17(18,19)20)13-10(7-21-15)27-11(24)4-5-12(25)28-13/h4-5,7,9,22-23H,6,8H2,1-3H3/b5-4-. The Morgan fingerprint density at radius 2 is 1.83 bits per heavy atom. The number of halogens is 3. The van der Waals surface area contributed by atoms with E-state index in [1.54, 1.807) is 0 Å². The highest BCUT2D eigenvalue weighted by Gasteiger charge is 2.36. The Morgan fingerprint density at radius 3 is 2.41 bits per heavy atom.